The second-order valence-electron chi connectivity index (χ2n) is 2.99. The standard InChI is InChI=1S/C10H7N3S/c1-2-4-9-7(3-1)13-8-5-11-12-6-10(8)14-9/h1-6,13H. The van der Waals surface area contributed by atoms with Gasteiger partial charge in [0, 0.05) is 4.90 Å². The molecule has 0 saturated heterocycles. The summed E-state index contributed by atoms with van der Waals surface area (Å²) in [6.45, 7) is 0. The van der Waals surface area contributed by atoms with E-state index in [1.807, 2.05) is 12.1 Å². The maximum Gasteiger partial charge on any atom is 0.0747 e. The molecule has 0 spiro atoms. The van der Waals surface area contributed by atoms with Crippen molar-refractivity contribution in [3.05, 3.63) is 36.7 Å². The van der Waals surface area contributed by atoms with E-state index in [0.29, 0.717) is 0 Å². The van der Waals surface area contributed by atoms with E-state index in [1.54, 1.807) is 24.2 Å². The summed E-state index contributed by atoms with van der Waals surface area (Å²) in [5, 5.41) is 11.0. The molecule has 0 aliphatic carbocycles. The van der Waals surface area contributed by atoms with Crippen molar-refractivity contribution in [3.63, 3.8) is 0 Å². The zero-order chi connectivity index (χ0) is 9.38. The lowest BCUT2D eigenvalue weighted by Crippen LogP contribution is -2.00. The Morgan fingerprint density at radius 2 is 1.79 bits per heavy atom. The summed E-state index contributed by atoms with van der Waals surface area (Å²) in [6, 6.07) is 8.21. The van der Waals surface area contributed by atoms with Crippen LogP contribution in [0.25, 0.3) is 0 Å². The molecular formula is C10H7N3S. The third-order valence-electron chi connectivity index (χ3n) is 2.07. The lowest BCUT2D eigenvalue weighted by atomic mass is 10.3. The van der Waals surface area contributed by atoms with Crippen molar-refractivity contribution >= 4 is 23.1 Å². The monoisotopic (exact) mass is 201 g/mol. The highest BCUT2D eigenvalue weighted by Gasteiger charge is 2.14. The SMILES string of the molecule is c1ccc2c(c1)Nc1cnncc1S2. The van der Waals surface area contributed by atoms with Crippen LogP contribution in [0.5, 0.6) is 0 Å². The Bertz CT molecular complexity index is 397. The number of benzene rings is 1. The van der Waals surface area contributed by atoms with Gasteiger partial charge in [0.15, 0.2) is 0 Å². The van der Waals surface area contributed by atoms with E-state index in [2.05, 4.69) is 27.6 Å². The summed E-state index contributed by atoms with van der Waals surface area (Å²) in [7, 11) is 0. The van der Waals surface area contributed by atoms with Crippen molar-refractivity contribution < 1.29 is 0 Å². The Kier molecular flexibility index (Phi) is 1.67. The maximum atomic E-state index is 3.86. The minimum absolute atomic E-state index is 1.03. The van der Waals surface area contributed by atoms with E-state index in [9.17, 15) is 0 Å². The summed E-state index contributed by atoms with van der Waals surface area (Å²) in [4.78, 5) is 2.35. The molecule has 3 nitrogen and oxygen atoms in total. The zero-order valence-electron chi connectivity index (χ0n) is 7.27. The van der Waals surface area contributed by atoms with Crippen LogP contribution in [0.2, 0.25) is 0 Å². The molecule has 0 unspecified atom stereocenters. The van der Waals surface area contributed by atoms with Crippen molar-refractivity contribution in [1.29, 1.82) is 0 Å². The molecule has 2 heterocycles. The van der Waals surface area contributed by atoms with Gasteiger partial charge in [-0.1, -0.05) is 23.9 Å². The molecule has 1 aliphatic heterocycles. The topological polar surface area (TPSA) is 37.8 Å². The molecule has 4 heteroatoms. The first-order valence-corrected chi connectivity index (χ1v) is 5.10. The van der Waals surface area contributed by atoms with Gasteiger partial charge in [-0.3, -0.25) is 0 Å². The van der Waals surface area contributed by atoms with Gasteiger partial charge >= 0.3 is 0 Å². The van der Waals surface area contributed by atoms with Crippen molar-refractivity contribution in [2.45, 2.75) is 9.79 Å². The average molecular weight is 201 g/mol. The van der Waals surface area contributed by atoms with Crippen LogP contribution >= 0.6 is 11.8 Å². The molecule has 0 radical (unpaired) electrons. The van der Waals surface area contributed by atoms with Crippen LogP contribution in [0.3, 0.4) is 0 Å². The number of rotatable bonds is 0. The first-order valence-electron chi connectivity index (χ1n) is 4.28. The van der Waals surface area contributed by atoms with Gasteiger partial charge in [0.1, 0.15) is 0 Å². The molecule has 1 N–H and O–H groups in total. The van der Waals surface area contributed by atoms with Crippen molar-refractivity contribution in [2.24, 2.45) is 0 Å². The molecule has 14 heavy (non-hydrogen) atoms. The Balaban J connectivity index is 2.12. The second kappa shape index (κ2) is 2.99. The minimum Gasteiger partial charge on any atom is -0.352 e. The zero-order valence-corrected chi connectivity index (χ0v) is 8.08. The number of para-hydroxylation sites is 1. The predicted molar refractivity (Wildman–Crippen MR) is 55.9 cm³/mol. The molecule has 68 valence electrons. The number of hydrogen-bond acceptors (Lipinski definition) is 4. The van der Waals surface area contributed by atoms with Crippen molar-refractivity contribution in [3.8, 4) is 0 Å². The molecule has 0 bridgehead atoms. The quantitative estimate of drug-likeness (QED) is 0.606. The number of aromatic nitrogens is 2. The van der Waals surface area contributed by atoms with Gasteiger partial charge in [-0.05, 0) is 12.1 Å². The van der Waals surface area contributed by atoms with Crippen LogP contribution in [0, 0.1) is 0 Å². The van der Waals surface area contributed by atoms with Crippen LogP contribution in [0.4, 0.5) is 11.4 Å². The molecule has 1 aliphatic rings. The van der Waals surface area contributed by atoms with Gasteiger partial charge in [-0.15, -0.1) is 0 Å². The number of nitrogens with one attached hydrogen (secondary N) is 1. The first-order chi connectivity index (χ1) is 6.93. The maximum absolute atomic E-state index is 3.86. The van der Waals surface area contributed by atoms with Crippen LogP contribution in [0.15, 0.2) is 46.5 Å². The number of fused-ring (bicyclic) bond motifs is 2. The Morgan fingerprint density at radius 3 is 2.79 bits per heavy atom. The molecule has 1 aromatic heterocycles. The predicted octanol–water partition coefficient (Wildman–Crippen LogP) is 2.68. The molecule has 0 atom stereocenters. The van der Waals surface area contributed by atoms with Gasteiger partial charge < -0.3 is 5.32 Å². The van der Waals surface area contributed by atoms with E-state index in [4.69, 9.17) is 0 Å². The van der Waals surface area contributed by atoms with E-state index in [-0.39, 0.29) is 0 Å². The van der Waals surface area contributed by atoms with Gasteiger partial charge in [-0.2, -0.15) is 10.2 Å². The van der Waals surface area contributed by atoms with Gasteiger partial charge in [0.2, 0.25) is 0 Å². The fraction of sp³-hybridized carbons (Fsp3) is 0. The summed E-state index contributed by atoms with van der Waals surface area (Å²) in [5.74, 6) is 0. The van der Waals surface area contributed by atoms with E-state index >= 15 is 0 Å². The van der Waals surface area contributed by atoms with Gasteiger partial charge in [-0.25, -0.2) is 0 Å². The summed E-state index contributed by atoms with van der Waals surface area (Å²) in [6.07, 6.45) is 3.53. The van der Waals surface area contributed by atoms with Crippen molar-refractivity contribution in [1.82, 2.24) is 10.2 Å². The van der Waals surface area contributed by atoms with E-state index < -0.39 is 0 Å². The smallest absolute Gasteiger partial charge is 0.0747 e. The third kappa shape index (κ3) is 1.15. The molecule has 0 saturated carbocycles. The summed E-state index contributed by atoms with van der Waals surface area (Å²) in [5.41, 5.74) is 2.17. The first kappa shape index (κ1) is 7.82. The Morgan fingerprint density at radius 1 is 0.929 bits per heavy atom. The highest BCUT2D eigenvalue weighted by molar-refractivity contribution is 7.99. The molecule has 1 aromatic carbocycles. The number of anilines is 2. The Labute approximate surface area is 85.6 Å². The van der Waals surface area contributed by atoms with Crippen LogP contribution in [-0.4, -0.2) is 10.2 Å². The lowest BCUT2D eigenvalue weighted by Gasteiger charge is -2.18. The Hall–Kier alpha value is -1.55. The highest BCUT2D eigenvalue weighted by atomic mass is 32.2. The lowest BCUT2D eigenvalue weighted by molar-refractivity contribution is 0.996. The molecular weight excluding hydrogens is 194 g/mol. The molecule has 0 amide bonds. The number of hydrogen-bond donors (Lipinski definition) is 1. The third-order valence-corrected chi connectivity index (χ3v) is 3.19. The minimum atomic E-state index is 1.03. The molecule has 2 aromatic rings. The van der Waals surface area contributed by atoms with Gasteiger partial charge in [0.25, 0.3) is 0 Å². The average Bonchev–Trinajstić information content (AvgIpc) is 2.26. The second-order valence-corrected chi connectivity index (χ2v) is 4.07. The van der Waals surface area contributed by atoms with E-state index in [0.717, 1.165) is 16.3 Å². The fourth-order valence-electron chi connectivity index (χ4n) is 1.41. The molecule has 3 rings (SSSR count). The van der Waals surface area contributed by atoms with Crippen LogP contribution in [0.1, 0.15) is 0 Å². The van der Waals surface area contributed by atoms with Crippen molar-refractivity contribution in [2.75, 3.05) is 5.32 Å². The largest absolute Gasteiger partial charge is 0.352 e. The van der Waals surface area contributed by atoms with Gasteiger partial charge in [0.05, 0.1) is 28.7 Å². The van der Waals surface area contributed by atoms with Crippen LogP contribution < -0.4 is 5.32 Å². The normalized spacial score (nSPS) is 12.6. The summed E-state index contributed by atoms with van der Waals surface area (Å²) < 4.78 is 0. The van der Waals surface area contributed by atoms with E-state index in [1.165, 1.54) is 4.90 Å². The highest BCUT2D eigenvalue weighted by Crippen LogP contribution is 2.42. The number of nitrogens with zero attached hydrogens (tertiary/aromatic N) is 2. The molecule has 0 fully saturated rings. The summed E-state index contributed by atoms with van der Waals surface area (Å²) >= 11 is 1.72. The van der Waals surface area contributed by atoms with Crippen LogP contribution in [-0.2, 0) is 0 Å². The fourth-order valence-corrected chi connectivity index (χ4v) is 2.33.